The van der Waals surface area contributed by atoms with E-state index >= 15 is 0 Å². The average Bonchev–Trinajstić information content (AvgIpc) is 2.41. The van der Waals surface area contributed by atoms with Crippen molar-refractivity contribution in [2.45, 2.75) is 46.3 Å². The van der Waals surface area contributed by atoms with Crippen LogP contribution in [0, 0.1) is 0 Å². The third kappa shape index (κ3) is 6.12. The molecule has 1 unspecified atom stereocenters. The Kier molecular flexibility index (Phi) is 7.97. The van der Waals surface area contributed by atoms with Crippen LogP contribution in [0.2, 0.25) is 5.02 Å². The van der Waals surface area contributed by atoms with E-state index in [4.69, 9.17) is 21.1 Å². The van der Waals surface area contributed by atoms with Crippen LogP contribution in [-0.2, 0) is 4.74 Å². The minimum atomic E-state index is 0.232. The Hall–Kier alpha value is -0.770. The number of halogens is 1. The van der Waals surface area contributed by atoms with Crippen molar-refractivity contribution in [3.05, 3.63) is 28.8 Å². The largest absolute Gasteiger partial charge is 0.491 e. The van der Waals surface area contributed by atoms with Crippen LogP contribution < -0.4 is 10.1 Å². The van der Waals surface area contributed by atoms with Crippen molar-refractivity contribution in [3.63, 3.8) is 0 Å². The lowest BCUT2D eigenvalue weighted by molar-refractivity contribution is 0.0552. The SMILES string of the molecule is CCCNC(C)c1ccc(OCCOC(C)C)cc1Cl. The zero-order chi connectivity index (χ0) is 15.0. The van der Waals surface area contributed by atoms with E-state index in [0.29, 0.717) is 13.2 Å². The molecule has 1 aromatic carbocycles. The van der Waals surface area contributed by atoms with Gasteiger partial charge in [-0.3, -0.25) is 0 Å². The molecular formula is C16H26ClNO2. The summed E-state index contributed by atoms with van der Waals surface area (Å²) in [6.45, 7) is 10.4. The summed E-state index contributed by atoms with van der Waals surface area (Å²) < 4.78 is 11.1. The summed E-state index contributed by atoms with van der Waals surface area (Å²) in [5.41, 5.74) is 1.10. The van der Waals surface area contributed by atoms with Crippen LogP contribution in [-0.4, -0.2) is 25.9 Å². The van der Waals surface area contributed by atoms with Crippen LogP contribution >= 0.6 is 11.6 Å². The van der Waals surface area contributed by atoms with E-state index in [9.17, 15) is 0 Å². The van der Waals surface area contributed by atoms with Crippen molar-refractivity contribution in [3.8, 4) is 5.75 Å². The molecule has 0 aliphatic rings. The predicted octanol–water partition coefficient (Wildman–Crippen LogP) is 4.20. The van der Waals surface area contributed by atoms with E-state index in [2.05, 4.69) is 19.2 Å². The smallest absolute Gasteiger partial charge is 0.120 e. The van der Waals surface area contributed by atoms with Crippen molar-refractivity contribution in [1.29, 1.82) is 0 Å². The normalized spacial score (nSPS) is 12.7. The molecule has 114 valence electrons. The first-order valence-electron chi connectivity index (χ1n) is 7.31. The van der Waals surface area contributed by atoms with Crippen molar-refractivity contribution < 1.29 is 9.47 Å². The molecule has 0 amide bonds. The minimum Gasteiger partial charge on any atom is -0.491 e. The maximum atomic E-state index is 6.32. The Morgan fingerprint density at radius 1 is 1.20 bits per heavy atom. The van der Waals surface area contributed by atoms with Gasteiger partial charge in [0, 0.05) is 11.1 Å². The maximum absolute atomic E-state index is 6.32. The summed E-state index contributed by atoms with van der Waals surface area (Å²) in [4.78, 5) is 0. The van der Waals surface area contributed by atoms with Crippen molar-refractivity contribution >= 4 is 11.6 Å². The van der Waals surface area contributed by atoms with E-state index in [1.54, 1.807) is 0 Å². The van der Waals surface area contributed by atoms with Gasteiger partial charge in [0.2, 0.25) is 0 Å². The van der Waals surface area contributed by atoms with Crippen LogP contribution in [0.4, 0.5) is 0 Å². The molecule has 1 N–H and O–H groups in total. The molecule has 0 radical (unpaired) electrons. The molecule has 4 heteroatoms. The molecule has 0 aliphatic carbocycles. The van der Waals surface area contributed by atoms with Gasteiger partial charge >= 0.3 is 0 Å². The third-order valence-electron chi connectivity index (χ3n) is 2.94. The van der Waals surface area contributed by atoms with Gasteiger partial charge in [0.05, 0.1) is 12.7 Å². The van der Waals surface area contributed by atoms with Crippen LogP contribution in [0.5, 0.6) is 5.75 Å². The van der Waals surface area contributed by atoms with E-state index < -0.39 is 0 Å². The fourth-order valence-electron chi connectivity index (χ4n) is 1.86. The zero-order valence-corrected chi connectivity index (χ0v) is 13.7. The van der Waals surface area contributed by atoms with Crippen LogP contribution in [0.25, 0.3) is 0 Å². The lowest BCUT2D eigenvalue weighted by Gasteiger charge is -2.16. The topological polar surface area (TPSA) is 30.5 Å². The van der Waals surface area contributed by atoms with Gasteiger partial charge < -0.3 is 14.8 Å². The van der Waals surface area contributed by atoms with Gasteiger partial charge in [0.15, 0.2) is 0 Å². The first-order chi connectivity index (χ1) is 9.54. The Balaban J connectivity index is 2.50. The highest BCUT2D eigenvalue weighted by Gasteiger charge is 2.09. The summed E-state index contributed by atoms with van der Waals surface area (Å²) in [6, 6.07) is 6.10. The molecular weight excluding hydrogens is 274 g/mol. The molecule has 0 heterocycles. The molecule has 1 aromatic rings. The highest BCUT2D eigenvalue weighted by molar-refractivity contribution is 6.31. The number of nitrogens with one attached hydrogen (secondary N) is 1. The quantitative estimate of drug-likeness (QED) is 0.693. The van der Waals surface area contributed by atoms with Crippen molar-refractivity contribution in [1.82, 2.24) is 5.32 Å². The third-order valence-corrected chi connectivity index (χ3v) is 3.27. The van der Waals surface area contributed by atoms with Gasteiger partial charge in [-0.1, -0.05) is 24.6 Å². The van der Waals surface area contributed by atoms with Crippen LogP contribution in [0.15, 0.2) is 18.2 Å². The number of rotatable bonds is 9. The number of hydrogen-bond donors (Lipinski definition) is 1. The molecule has 0 saturated carbocycles. The molecule has 0 fully saturated rings. The first kappa shape index (κ1) is 17.3. The maximum Gasteiger partial charge on any atom is 0.120 e. The molecule has 0 spiro atoms. The zero-order valence-electron chi connectivity index (χ0n) is 12.9. The fourth-order valence-corrected chi connectivity index (χ4v) is 2.20. The average molecular weight is 300 g/mol. The lowest BCUT2D eigenvalue weighted by atomic mass is 10.1. The molecule has 20 heavy (non-hydrogen) atoms. The monoisotopic (exact) mass is 299 g/mol. The fraction of sp³-hybridized carbons (Fsp3) is 0.625. The first-order valence-corrected chi connectivity index (χ1v) is 7.69. The number of benzene rings is 1. The minimum absolute atomic E-state index is 0.232. The predicted molar refractivity (Wildman–Crippen MR) is 84.7 cm³/mol. The van der Waals surface area contributed by atoms with E-state index in [1.807, 2.05) is 32.0 Å². The van der Waals surface area contributed by atoms with Crippen LogP contribution in [0.3, 0.4) is 0 Å². The second-order valence-electron chi connectivity index (χ2n) is 5.13. The summed E-state index contributed by atoms with van der Waals surface area (Å²) in [7, 11) is 0. The molecule has 1 rings (SSSR count). The standard InChI is InChI=1S/C16H26ClNO2/c1-5-8-18-13(4)15-7-6-14(11-16(15)17)20-10-9-19-12(2)3/h6-7,11-13,18H,5,8-10H2,1-4H3. The second kappa shape index (κ2) is 9.22. The van der Waals surface area contributed by atoms with Gasteiger partial charge in [-0.05, 0) is 51.4 Å². The van der Waals surface area contributed by atoms with Gasteiger partial charge in [-0.15, -0.1) is 0 Å². The highest BCUT2D eigenvalue weighted by Crippen LogP contribution is 2.27. The molecule has 1 atom stereocenters. The number of ether oxygens (including phenoxy) is 2. The Morgan fingerprint density at radius 2 is 1.95 bits per heavy atom. The molecule has 0 bridgehead atoms. The van der Waals surface area contributed by atoms with Crippen LogP contribution in [0.1, 0.15) is 45.7 Å². The number of hydrogen-bond acceptors (Lipinski definition) is 3. The lowest BCUT2D eigenvalue weighted by Crippen LogP contribution is -2.19. The molecule has 0 aromatic heterocycles. The van der Waals surface area contributed by atoms with E-state index in [0.717, 1.165) is 29.3 Å². The van der Waals surface area contributed by atoms with Gasteiger partial charge in [0.25, 0.3) is 0 Å². The summed E-state index contributed by atoms with van der Waals surface area (Å²) in [5, 5.41) is 4.17. The molecule has 3 nitrogen and oxygen atoms in total. The Morgan fingerprint density at radius 3 is 2.55 bits per heavy atom. The molecule has 0 aliphatic heterocycles. The van der Waals surface area contributed by atoms with Gasteiger partial charge in [-0.25, -0.2) is 0 Å². The summed E-state index contributed by atoms with van der Waals surface area (Å²) in [6.07, 6.45) is 1.34. The summed E-state index contributed by atoms with van der Waals surface area (Å²) in [5.74, 6) is 0.786. The Labute approximate surface area is 127 Å². The summed E-state index contributed by atoms with van der Waals surface area (Å²) >= 11 is 6.32. The Bertz CT molecular complexity index is 396. The van der Waals surface area contributed by atoms with Crippen molar-refractivity contribution in [2.24, 2.45) is 0 Å². The second-order valence-corrected chi connectivity index (χ2v) is 5.53. The van der Waals surface area contributed by atoms with Gasteiger partial charge in [0.1, 0.15) is 12.4 Å². The highest BCUT2D eigenvalue weighted by atomic mass is 35.5. The van der Waals surface area contributed by atoms with Crippen molar-refractivity contribution in [2.75, 3.05) is 19.8 Å². The molecule has 0 saturated heterocycles. The van der Waals surface area contributed by atoms with E-state index in [-0.39, 0.29) is 12.1 Å². The van der Waals surface area contributed by atoms with Gasteiger partial charge in [-0.2, -0.15) is 0 Å². The van der Waals surface area contributed by atoms with E-state index in [1.165, 1.54) is 0 Å².